The number of rotatable bonds is 7. The third-order valence-corrected chi connectivity index (χ3v) is 3.79. The molecule has 1 amide bonds. The van der Waals surface area contributed by atoms with E-state index in [0.717, 1.165) is 0 Å². The van der Waals surface area contributed by atoms with E-state index in [1.807, 2.05) is 6.26 Å². The summed E-state index contributed by atoms with van der Waals surface area (Å²) in [4.78, 5) is 12.1. The minimum atomic E-state index is -0.357. The van der Waals surface area contributed by atoms with Crippen LogP contribution in [0.5, 0.6) is 0 Å². The Morgan fingerprint density at radius 2 is 2.18 bits per heavy atom. The molecule has 0 saturated heterocycles. The fraction of sp³-hybridized carbons (Fsp3) is 0.333. The van der Waals surface area contributed by atoms with E-state index in [0.29, 0.717) is 23.5 Å². The highest BCUT2D eigenvalue weighted by molar-refractivity contribution is 7.98. The Morgan fingerprint density at radius 3 is 2.82 bits per heavy atom. The van der Waals surface area contributed by atoms with Crippen molar-refractivity contribution in [3.63, 3.8) is 0 Å². The summed E-state index contributed by atoms with van der Waals surface area (Å²) in [6.45, 7) is 0.00511. The number of carbonyl (C=O) groups is 1. The lowest BCUT2D eigenvalue weighted by Crippen LogP contribution is -2.37. The van der Waals surface area contributed by atoms with Gasteiger partial charge in [0.1, 0.15) is 5.82 Å². The number of nitrogens with zero attached hydrogens (tertiary/aromatic N) is 1. The fourth-order valence-corrected chi connectivity index (χ4v) is 2.60. The zero-order chi connectivity index (χ0) is 15.9. The van der Waals surface area contributed by atoms with Gasteiger partial charge in [-0.2, -0.15) is 11.8 Å². The van der Waals surface area contributed by atoms with Gasteiger partial charge in [-0.25, -0.2) is 4.39 Å². The summed E-state index contributed by atoms with van der Waals surface area (Å²) in [6.07, 6.45) is 2.41. The van der Waals surface area contributed by atoms with Gasteiger partial charge in [-0.3, -0.25) is 4.79 Å². The van der Waals surface area contributed by atoms with Crippen molar-refractivity contribution in [2.24, 2.45) is 0 Å². The molecule has 0 spiro atoms. The second kappa shape index (κ2) is 7.95. The summed E-state index contributed by atoms with van der Waals surface area (Å²) >= 11 is 1.59. The number of amides is 1. The van der Waals surface area contributed by atoms with Crippen LogP contribution in [0.15, 0.2) is 34.9 Å². The Bertz CT molecular complexity index is 610. The number of halogens is 1. The number of hydrogen-bond donors (Lipinski definition) is 2. The standard InChI is InChI=1S/C15H17FN2O3S/c1-22-9-12(6-7-19)17-15(20)13-8-14(21-18-13)10-2-4-11(16)5-3-10/h2-5,8,12,19H,6-7,9H2,1H3,(H,17,20). The van der Waals surface area contributed by atoms with Crippen molar-refractivity contribution in [3.8, 4) is 11.3 Å². The Balaban J connectivity index is 2.06. The summed E-state index contributed by atoms with van der Waals surface area (Å²) in [5, 5.41) is 15.5. The quantitative estimate of drug-likeness (QED) is 0.817. The van der Waals surface area contributed by atoms with Crippen molar-refractivity contribution < 1.29 is 18.8 Å². The van der Waals surface area contributed by atoms with Crippen molar-refractivity contribution in [3.05, 3.63) is 41.8 Å². The zero-order valence-corrected chi connectivity index (χ0v) is 12.9. The molecular weight excluding hydrogens is 307 g/mol. The van der Waals surface area contributed by atoms with Crippen LogP contribution in [0.2, 0.25) is 0 Å². The molecule has 0 aliphatic carbocycles. The minimum Gasteiger partial charge on any atom is -0.396 e. The molecule has 0 saturated carbocycles. The number of thioether (sulfide) groups is 1. The molecule has 1 aromatic carbocycles. The third kappa shape index (κ3) is 4.32. The summed E-state index contributed by atoms with van der Waals surface area (Å²) < 4.78 is 18.0. The van der Waals surface area contributed by atoms with Crippen LogP contribution in [0.25, 0.3) is 11.3 Å². The predicted molar refractivity (Wildman–Crippen MR) is 83.2 cm³/mol. The molecule has 1 unspecified atom stereocenters. The van der Waals surface area contributed by atoms with Crippen LogP contribution < -0.4 is 5.32 Å². The van der Waals surface area contributed by atoms with E-state index < -0.39 is 0 Å². The first-order chi connectivity index (χ1) is 10.6. The average molecular weight is 324 g/mol. The molecule has 7 heteroatoms. The number of hydrogen-bond acceptors (Lipinski definition) is 5. The summed E-state index contributed by atoms with van der Waals surface area (Å²) in [5.41, 5.74) is 0.798. The van der Waals surface area contributed by atoms with E-state index in [1.54, 1.807) is 23.9 Å². The van der Waals surface area contributed by atoms with Gasteiger partial charge in [-0.15, -0.1) is 0 Å². The number of aliphatic hydroxyl groups is 1. The first-order valence-corrected chi connectivity index (χ1v) is 8.16. The van der Waals surface area contributed by atoms with E-state index in [1.165, 1.54) is 18.2 Å². The van der Waals surface area contributed by atoms with Crippen LogP contribution >= 0.6 is 11.8 Å². The first-order valence-electron chi connectivity index (χ1n) is 6.77. The van der Waals surface area contributed by atoms with Crippen molar-refractivity contribution >= 4 is 17.7 Å². The van der Waals surface area contributed by atoms with Gasteiger partial charge in [0.25, 0.3) is 5.91 Å². The van der Waals surface area contributed by atoms with Crippen LogP contribution in [0.4, 0.5) is 4.39 Å². The number of aromatic nitrogens is 1. The van der Waals surface area contributed by atoms with Gasteiger partial charge in [0.05, 0.1) is 0 Å². The lowest BCUT2D eigenvalue weighted by molar-refractivity contribution is 0.0926. The SMILES string of the molecule is CSCC(CCO)NC(=O)c1cc(-c2ccc(F)cc2)on1. The normalized spacial score (nSPS) is 12.1. The van der Waals surface area contributed by atoms with Crippen LogP contribution in [-0.4, -0.2) is 40.8 Å². The van der Waals surface area contributed by atoms with Gasteiger partial charge >= 0.3 is 0 Å². The highest BCUT2D eigenvalue weighted by Gasteiger charge is 2.17. The molecule has 1 heterocycles. The highest BCUT2D eigenvalue weighted by atomic mass is 32.2. The largest absolute Gasteiger partial charge is 0.396 e. The van der Waals surface area contributed by atoms with E-state index in [-0.39, 0.29) is 30.1 Å². The Labute approximate surface area is 131 Å². The van der Waals surface area contributed by atoms with Crippen molar-refractivity contribution in [1.82, 2.24) is 10.5 Å². The minimum absolute atomic E-state index is 0.00511. The topological polar surface area (TPSA) is 75.4 Å². The molecule has 22 heavy (non-hydrogen) atoms. The molecule has 1 aromatic heterocycles. The molecule has 0 bridgehead atoms. The van der Waals surface area contributed by atoms with Crippen molar-refractivity contribution in [2.75, 3.05) is 18.6 Å². The summed E-state index contributed by atoms with van der Waals surface area (Å²) in [5.74, 6) is 0.401. The first kappa shape index (κ1) is 16.5. The summed E-state index contributed by atoms with van der Waals surface area (Å²) in [6, 6.07) is 7.12. The molecule has 0 aliphatic rings. The second-order valence-electron chi connectivity index (χ2n) is 4.72. The van der Waals surface area contributed by atoms with Crippen LogP contribution in [0.3, 0.4) is 0 Å². The summed E-state index contributed by atoms with van der Waals surface area (Å²) in [7, 11) is 0. The number of benzene rings is 1. The molecule has 2 rings (SSSR count). The van der Waals surface area contributed by atoms with Gasteiger partial charge in [0, 0.05) is 30.0 Å². The van der Waals surface area contributed by atoms with Gasteiger partial charge in [0.2, 0.25) is 0 Å². The van der Waals surface area contributed by atoms with E-state index in [4.69, 9.17) is 9.63 Å². The van der Waals surface area contributed by atoms with E-state index in [9.17, 15) is 9.18 Å². The lowest BCUT2D eigenvalue weighted by Gasteiger charge is -2.15. The van der Waals surface area contributed by atoms with Crippen LogP contribution in [0, 0.1) is 5.82 Å². The van der Waals surface area contributed by atoms with Gasteiger partial charge < -0.3 is 14.9 Å². The fourth-order valence-electron chi connectivity index (χ4n) is 1.95. The molecule has 2 aromatic rings. The maximum atomic E-state index is 12.9. The van der Waals surface area contributed by atoms with E-state index in [2.05, 4.69) is 10.5 Å². The smallest absolute Gasteiger partial charge is 0.273 e. The van der Waals surface area contributed by atoms with Gasteiger partial charge in [-0.1, -0.05) is 5.16 Å². The third-order valence-electron chi connectivity index (χ3n) is 3.05. The monoisotopic (exact) mass is 324 g/mol. The molecule has 0 fully saturated rings. The number of carbonyl (C=O) groups excluding carboxylic acids is 1. The van der Waals surface area contributed by atoms with Crippen LogP contribution in [-0.2, 0) is 0 Å². The second-order valence-corrected chi connectivity index (χ2v) is 5.63. The molecule has 5 nitrogen and oxygen atoms in total. The van der Waals surface area contributed by atoms with Gasteiger partial charge in [-0.05, 0) is 36.9 Å². The van der Waals surface area contributed by atoms with Crippen LogP contribution in [0.1, 0.15) is 16.9 Å². The predicted octanol–water partition coefficient (Wildman–Crippen LogP) is 2.32. The number of nitrogens with one attached hydrogen (secondary N) is 1. The lowest BCUT2D eigenvalue weighted by atomic mass is 10.1. The molecule has 2 N–H and O–H groups in total. The zero-order valence-electron chi connectivity index (χ0n) is 12.1. The molecular formula is C15H17FN2O3S. The number of aliphatic hydroxyl groups excluding tert-OH is 1. The highest BCUT2D eigenvalue weighted by Crippen LogP contribution is 2.20. The molecule has 0 aliphatic heterocycles. The Hall–Kier alpha value is -1.86. The van der Waals surface area contributed by atoms with E-state index >= 15 is 0 Å². The van der Waals surface area contributed by atoms with Crippen molar-refractivity contribution in [2.45, 2.75) is 12.5 Å². The van der Waals surface area contributed by atoms with Gasteiger partial charge in [0.15, 0.2) is 11.5 Å². The Morgan fingerprint density at radius 1 is 1.45 bits per heavy atom. The molecule has 1 atom stereocenters. The van der Waals surface area contributed by atoms with Crippen molar-refractivity contribution in [1.29, 1.82) is 0 Å². The molecule has 0 radical (unpaired) electrons. The average Bonchev–Trinajstić information content (AvgIpc) is 2.98. The molecule has 118 valence electrons. The Kier molecular flexibility index (Phi) is 5.97. The maximum absolute atomic E-state index is 12.9. The maximum Gasteiger partial charge on any atom is 0.273 e.